The molecule has 0 spiro atoms. The van der Waals surface area contributed by atoms with Gasteiger partial charge in [-0.1, -0.05) is 52.9 Å². The molecule has 1 saturated heterocycles. The van der Waals surface area contributed by atoms with Gasteiger partial charge in [0.05, 0.1) is 12.7 Å². The normalized spacial score (nSPS) is 28.8. The molecule has 0 aromatic rings. The van der Waals surface area contributed by atoms with Crippen molar-refractivity contribution in [2.24, 2.45) is 5.92 Å². The summed E-state index contributed by atoms with van der Waals surface area (Å²) in [7, 11) is 0. The molecule has 2 unspecified atom stereocenters. The van der Waals surface area contributed by atoms with E-state index in [1.165, 1.54) is 32.1 Å². The first-order valence-electron chi connectivity index (χ1n) is 7.60. The van der Waals surface area contributed by atoms with E-state index in [1.807, 2.05) is 6.92 Å². The van der Waals surface area contributed by atoms with Crippen molar-refractivity contribution < 1.29 is 14.6 Å². The summed E-state index contributed by atoms with van der Waals surface area (Å²) in [5, 5.41) is 9.91. The summed E-state index contributed by atoms with van der Waals surface area (Å²) < 4.78 is 10.9. The monoisotopic (exact) mass is 258 g/mol. The van der Waals surface area contributed by atoms with E-state index in [0.29, 0.717) is 13.0 Å². The molecular weight excluding hydrogens is 228 g/mol. The summed E-state index contributed by atoms with van der Waals surface area (Å²) in [5.74, 6) is -0.496. The predicted molar refractivity (Wildman–Crippen MR) is 73.2 cm³/mol. The van der Waals surface area contributed by atoms with E-state index < -0.39 is 5.97 Å². The van der Waals surface area contributed by atoms with Gasteiger partial charge in [0.2, 0.25) is 0 Å². The van der Waals surface area contributed by atoms with Crippen molar-refractivity contribution in [3.63, 3.8) is 0 Å². The summed E-state index contributed by atoms with van der Waals surface area (Å²) in [6.45, 7) is 7.06. The second-order valence-electron chi connectivity index (χ2n) is 5.83. The van der Waals surface area contributed by atoms with Crippen LogP contribution in [-0.2, 0) is 9.47 Å². The van der Waals surface area contributed by atoms with Crippen molar-refractivity contribution >= 4 is 0 Å². The van der Waals surface area contributed by atoms with Crippen molar-refractivity contribution in [1.29, 1.82) is 0 Å². The van der Waals surface area contributed by atoms with E-state index in [2.05, 4.69) is 13.8 Å². The molecule has 0 aromatic carbocycles. The Morgan fingerprint density at radius 2 is 1.94 bits per heavy atom. The van der Waals surface area contributed by atoms with E-state index in [9.17, 15) is 5.11 Å². The van der Waals surface area contributed by atoms with Crippen LogP contribution < -0.4 is 0 Å². The highest BCUT2D eigenvalue weighted by Crippen LogP contribution is 2.26. The van der Waals surface area contributed by atoms with Gasteiger partial charge < -0.3 is 14.6 Å². The number of ether oxygens (including phenoxy) is 2. The number of hydrogen-bond acceptors (Lipinski definition) is 3. The molecule has 0 aromatic heterocycles. The molecule has 108 valence electrons. The highest BCUT2D eigenvalue weighted by atomic mass is 16.8. The van der Waals surface area contributed by atoms with Crippen molar-refractivity contribution in [2.45, 2.75) is 84.2 Å². The van der Waals surface area contributed by atoms with Gasteiger partial charge >= 0.3 is 0 Å². The molecule has 0 bridgehead atoms. The van der Waals surface area contributed by atoms with E-state index in [0.717, 1.165) is 18.8 Å². The number of unbranched alkanes of at least 4 members (excludes halogenated alkanes) is 3. The molecule has 1 aliphatic rings. The summed E-state index contributed by atoms with van der Waals surface area (Å²) >= 11 is 0. The first-order chi connectivity index (χ1) is 8.56. The largest absolute Gasteiger partial charge is 0.343 e. The quantitative estimate of drug-likeness (QED) is 0.672. The predicted octanol–water partition coefficient (Wildman–Crippen LogP) is 3.84. The summed E-state index contributed by atoms with van der Waals surface area (Å²) in [6, 6.07) is 0. The lowest BCUT2D eigenvalue weighted by Gasteiger charge is -2.36. The third kappa shape index (κ3) is 6.17. The molecule has 1 aliphatic heterocycles. The molecule has 3 heteroatoms. The zero-order chi connectivity index (χ0) is 13.4. The Balaban J connectivity index is 2.05. The van der Waals surface area contributed by atoms with E-state index in [1.54, 1.807) is 0 Å². The first-order valence-corrected chi connectivity index (χ1v) is 7.60. The van der Waals surface area contributed by atoms with Crippen LogP contribution in [0.15, 0.2) is 0 Å². The second kappa shape index (κ2) is 8.13. The highest BCUT2D eigenvalue weighted by molar-refractivity contribution is 4.67. The Morgan fingerprint density at radius 3 is 2.61 bits per heavy atom. The zero-order valence-corrected chi connectivity index (χ0v) is 12.3. The zero-order valence-electron chi connectivity index (χ0n) is 12.3. The minimum absolute atomic E-state index is 0.175. The number of rotatable bonds is 8. The van der Waals surface area contributed by atoms with Gasteiger partial charge in [-0.2, -0.15) is 0 Å². The number of aliphatic hydroxyl groups is 1. The summed E-state index contributed by atoms with van der Waals surface area (Å²) in [6.07, 6.45) is 9.10. The van der Waals surface area contributed by atoms with Gasteiger partial charge in [0.15, 0.2) is 0 Å². The maximum Gasteiger partial charge on any atom is 0.280 e. The summed E-state index contributed by atoms with van der Waals surface area (Å²) in [5.41, 5.74) is 0. The molecule has 1 rings (SSSR count). The van der Waals surface area contributed by atoms with Crippen molar-refractivity contribution in [3.05, 3.63) is 0 Å². The van der Waals surface area contributed by atoms with Crippen LogP contribution in [0.5, 0.6) is 0 Å². The third-order valence-electron chi connectivity index (χ3n) is 3.62. The Kier molecular flexibility index (Phi) is 7.20. The fourth-order valence-electron chi connectivity index (χ4n) is 2.37. The fourth-order valence-corrected chi connectivity index (χ4v) is 2.37. The van der Waals surface area contributed by atoms with Gasteiger partial charge in [-0.3, -0.25) is 0 Å². The second-order valence-corrected chi connectivity index (χ2v) is 5.83. The average molecular weight is 258 g/mol. The SMILES string of the molecule is CCC1(O)OCCC(CCCCCCC(C)C)O1. The Labute approximate surface area is 112 Å². The molecule has 3 nitrogen and oxygen atoms in total. The van der Waals surface area contributed by atoms with Crippen LogP contribution in [0.2, 0.25) is 0 Å². The molecular formula is C15H30O3. The number of hydrogen-bond donors (Lipinski definition) is 1. The van der Waals surface area contributed by atoms with E-state index >= 15 is 0 Å². The third-order valence-corrected chi connectivity index (χ3v) is 3.62. The molecule has 0 radical (unpaired) electrons. The smallest absolute Gasteiger partial charge is 0.280 e. The van der Waals surface area contributed by atoms with Gasteiger partial charge in [-0.15, -0.1) is 0 Å². The fraction of sp³-hybridized carbons (Fsp3) is 1.00. The van der Waals surface area contributed by atoms with Crippen LogP contribution in [0.4, 0.5) is 0 Å². The minimum atomic E-state index is -1.32. The van der Waals surface area contributed by atoms with Crippen LogP contribution in [-0.4, -0.2) is 23.8 Å². The van der Waals surface area contributed by atoms with Crippen LogP contribution in [0, 0.1) is 5.92 Å². The lowest BCUT2D eigenvalue weighted by Crippen LogP contribution is -2.44. The molecule has 0 saturated carbocycles. The van der Waals surface area contributed by atoms with Gasteiger partial charge in [-0.05, 0) is 18.8 Å². The van der Waals surface area contributed by atoms with E-state index in [-0.39, 0.29) is 6.10 Å². The maximum absolute atomic E-state index is 9.91. The Hall–Kier alpha value is -0.120. The Bertz CT molecular complexity index is 218. The van der Waals surface area contributed by atoms with Gasteiger partial charge in [0, 0.05) is 6.42 Å². The standard InChI is InChI=1S/C15H30O3/c1-4-15(16)17-12-11-14(18-15)10-8-6-5-7-9-13(2)3/h13-14,16H,4-12H2,1-3H3. The molecule has 2 atom stereocenters. The van der Waals surface area contributed by atoms with Crippen molar-refractivity contribution in [1.82, 2.24) is 0 Å². The van der Waals surface area contributed by atoms with Crippen LogP contribution >= 0.6 is 0 Å². The van der Waals surface area contributed by atoms with Gasteiger partial charge in [0.25, 0.3) is 5.97 Å². The van der Waals surface area contributed by atoms with Gasteiger partial charge in [-0.25, -0.2) is 0 Å². The van der Waals surface area contributed by atoms with Crippen LogP contribution in [0.1, 0.15) is 72.1 Å². The molecule has 1 N–H and O–H groups in total. The van der Waals surface area contributed by atoms with Crippen molar-refractivity contribution in [3.8, 4) is 0 Å². The lowest BCUT2D eigenvalue weighted by molar-refractivity contribution is -0.400. The Morgan fingerprint density at radius 1 is 1.22 bits per heavy atom. The molecule has 1 heterocycles. The van der Waals surface area contributed by atoms with Crippen LogP contribution in [0.3, 0.4) is 0 Å². The van der Waals surface area contributed by atoms with Crippen LogP contribution in [0.25, 0.3) is 0 Å². The van der Waals surface area contributed by atoms with Crippen molar-refractivity contribution in [2.75, 3.05) is 6.61 Å². The van der Waals surface area contributed by atoms with Gasteiger partial charge in [0.1, 0.15) is 0 Å². The summed E-state index contributed by atoms with van der Waals surface area (Å²) in [4.78, 5) is 0. The molecule has 18 heavy (non-hydrogen) atoms. The first kappa shape index (κ1) is 15.9. The topological polar surface area (TPSA) is 38.7 Å². The lowest BCUT2D eigenvalue weighted by atomic mass is 10.0. The molecule has 0 amide bonds. The maximum atomic E-state index is 9.91. The highest BCUT2D eigenvalue weighted by Gasteiger charge is 2.34. The minimum Gasteiger partial charge on any atom is -0.343 e. The average Bonchev–Trinajstić information content (AvgIpc) is 2.33. The molecule has 1 fully saturated rings. The molecule has 0 aliphatic carbocycles. The van der Waals surface area contributed by atoms with E-state index in [4.69, 9.17) is 9.47 Å².